The van der Waals surface area contributed by atoms with E-state index in [-0.39, 0.29) is 18.2 Å². The van der Waals surface area contributed by atoms with Gasteiger partial charge in [-0.2, -0.15) is 13.2 Å². The quantitative estimate of drug-likeness (QED) is 0.869. The van der Waals surface area contributed by atoms with Crippen LogP contribution in [0.25, 0.3) is 0 Å². The van der Waals surface area contributed by atoms with E-state index in [2.05, 4.69) is 20.9 Å². The topological polar surface area (TPSA) is 71.8 Å². The maximum Gasteiger partial charge on any atom is 0.393 e. The van der Waals surface area contributed by atoms with Gasteiger partial charge < -0.3 is 10.6 Å². The standard InChI is InChI=1S/C16H24F3N5O/c1-10-14(22-23-24(10)11-6-8-20-9-7-11)15(25)21-13-5-3-2-4-12(13)16(17,18)19/h11-13,20H,2-9H2,1H3,(H,21,25)/t12-,13-/m0/s1. The Balaban J connectivity index is 1.71. The molecule has 1 amide bonds. The van der Waals surface area contributed by atoms with Crippen molar-refractivity contribution in [1.82, 2.24) is 25.6 Å². The number of alkyl halides is 3. The van der Waals surface area contributed by atoms with Gasteiger partial charge in [-0.15, -0.1) is 5.10 Å². The second-order valence-electron chi connectivity index (χ2n) is 6.96. The molecule has 1 saturated heterocycles. The maximum absolute atomic E-state index is 13.2. The summed E-state index contributed by atoms with van der Waals surface area (Å²) < 4.78 is 41.3. The van der Waals surface area contributed by atoms with Crippen LogP contribution < -0.4 is 10.6 Å². The highest BCUT2D eigenvalue weighted by atomic mass is 19.4. The highest BCUT2D eigenvalue weighted by Gasteiger charge is 2.46. The van der Waals surface area contributed by atoms with Crippen molar-refractivity contribution < 1.29 is 18.0 Å². The summed E-state index contributed by atoms with van der Waals surface area (Å²) in [5.74, 6) is -2.04. The Bertz CT molecular complexity index is 609. The zero-order valence-electron chi connectivity index (χ0n) is 14.3. The second-order valence-corrected chi connectivity index (χ2v) is 6.96. The predicted octanol–water partition coefficient (Wildman–Crippen LogP) is 2.36. The van der Waals surface area contributed by atoms with Gasteiger partial charge in [0.15, 0.2) is 5.69 Å². The van der Waals surface area contributed by atoms with Crippen molar-refractivity contribution in [2.75, 3.05) is 13.1 Å². The van der Waals surface area contributed by atoms with Crippen LogP contribution in [0.3, 0.4) is 0 Å². The van der Waals surface area contributed by atoms with Crippen LogP contribution in [0, 0.1) is 12.8 Å². The molecule has 2 heterocycles. The summed E-state index contributed by atoms with van der Waals surface area (Å²) in [7, 11) is 0. The number of hydrogen-bond donors (Lipinski definition) is 2. The van der Waals surface area contributed by atoms with Crippen molar-refractivity contribution in [1.29, 1.82) is 0 Å². The van der Waals surface area contributed by atoms with Gasteiger partial charge in [0.25, 0.3) is 5.91 Å². The fourth-order valence-corrected chi connectivity index (χ4v) is 3.88. The third-order valence-corrected chi connectivity index (χ3v) is 5.30. The summed E-state index contributed by atoms with van der Waals surface area (Å²) in [5, 5.41) is 13.8. The van der Waals surface area contributed by atoms with Gasteiger partial charge in [-0.25, -0.2) is 4.68 Å². The highest BCUT2D eigenvalue weighted by Crippen LogP contribution is 2.37. The first-order valence-corrected chi connectivity index (χ1v) is 8.88. The van der Waals surface area contributed by atoms with Gasteiger partial charge in [0.05, 0.1) is 17.7 Å². The largest absolute Gasteiger partial charge is 0.393 e. The zero-order valence-corrected chi connectivity index (χ0v) is 14.3. The number of halogens is 3. The van der Waals surface area contributed by atoms with Gasteiger partial charge in [-0.05, 0) is 45.7 Å². The molecule has 1 aliphatic heterocycles. The number of hydrogen-bond acceptors (Lipinski definition) is 4. The fourth-order valence-electron chi connectivity index (χ4n) is 3.88. The number of amides is 1. The number of piperidine rings is 1. The molecule has 140 valence electrons. The molecule has 6 nitrogen and oxygen atoms in total. The summed E-state index contributed by atoms with van der Waals surface area (Å²) in [6.45, 7) is 3.50. The molecule has 0 aromatic carbocycles. The third kappa shape index (κ3) is 3.96. The number of rotatable bonds is 3. The lowest BCUT2D eigenvalue weighted by Gasteiger charge is -2.33. The van der Waals surface area contributed by atoms with Crippen LogP contribution in [-0.4, -0.2) is 46.2 Å². The lowest BCUT2D eigenvalue weighted by atomic mass is 9.84. The van der Waals surface area contributed by atoms with Crippen LogP contribution in [0.4, 0.5) is 13.2 Å². The first-order chi connectivity index (χ1) is 11.9. The molecule has 0 spiro atoms. The van der Waals surface area contributed by atoms with Crippen molar-refractivity contribution in [2.24, 2.45) is 5.92 Å². The average Bonchev–Trinajstić information content (AvgIpc) is 2.97. The molecule has 1 saturated carbocycles. The molecular formula is C16H24F3N5O. The maximum atomic E-state index is 13.2. The van der Waals surface area contributed by atoms with Gasteiger partial charge in [0.2, 0.25) is 0 Å². The molecule has 1 aromatic heterocycles. The molecular weight excluding hydrogens is 335 g/mol. The molecule has 0 bridgehead atoms. The molecule has 25 heavy (non-hydrogen) atoms. The monoisotopic (exact) mass is 359 g/mol. The van der Waals surface area contributed by atoms with Crippen LogP contribution in [0.5, 0.6) is 0 Å². The molecule has 2 atom stereocenters. The molecule has 2 aliphatic rings. The summed E-state index contributed by atoms with van der Waals surface area (Å²) in [5.41, 5.74) is 0.744. The van der Waals surface area contributed by atoms with Crippen LogP contribution in [0.2, 0.25) is 0 Å². The van der Waals surface area contributed by atoms with E-state index < -0.39 is 24.0 Å². The van der Waals surface area contributed by atoms with Crippen LogP contribution in [0.15, 0.2) is 0 Å². The van der Waals surface area contributed by atoms with Crippen LogP contribution in [0.1, 0.15) is 60.7 Å². The minimum atomic E-state index is -4.29. The molecule has 9 heteroatoms. The van der Waals surface area contributed by atoms with Gasteiger partial charge >= 0.3 is 6.18 Å². The summed E-state index contributed by atoms with van der Waals surface area (Å²) in [6.07, 6.45) is -0.861. The Morgan fingerprint density at radius 3 is 2.56 bits per heavy atom. The summed E-state index contributed by atoms with van der Waals surface area (Å²) in [6, 6.07) is -0.711. The van der Waals surface area contributed by atoms with Gasteiger partial charge in [0, 0.05) is 6.04 Å². The molecule has 0 unspecified atom stereocenters. The number of aromatic nitrogens is 3. The minimum Gasteiger partial charge on any atom is -0.347 e. The second kappa shape index (κ2) is 7.31. The molecule has 1 aliphatic carbocycles. The fraction of sp³-hybridized carbons (Fsp3) is 0.812. The third-order valence-electron chi connectivity index (χ3n) is 5.30. The smallest absolute Gasteiger partial charge is 0.347 e. The zero-order chi connectivity index (χ0) is 18.0. The van der Waals surface area contributed by atoms with Gasteiger partial charge in [-0.1, -0.05) is 18.1 Å². The Morgan fingerprint density at radius 1 is 1.20 bits per heavy atom. The number of carbonyl (C=O) groups is 1. The molecule has 3 rings (SSSR count). The van der Waals surface area contributed by atoms with Crippen molar-refractivity contribution in [2.45, 2.75) is 63.7 Å². The van der Waals surface area contributed by atoms with E-state index in [1.165, 1.54) is 0 Å². The van der Waals surface area contributed by atoms with Crippen molar-refractivity contribution in [3.05, 3.63) is 11.4 Å². The van der Waals surface area contributed by atoms with E-state index in [9.17, 15) is 18.0 Å². The SMILES string of the molecule is Cc1c(C(=O)N[C@H]2CCCC[C@@H]2C(F)(F)F)nnn1C1CCNCC1. The molecule has 1 aromatic rings. The molecule has 2 N–H and O–H groups in total. The molecule has 0 radical (unpaired) electrons. The van der Waals surface area contributed by atoms with E-state index in [0.29, 0.717) is 25.0 Å². The van der Waals surface area contributed by atoms with E-state index in [1.54, 1.807) is 11.6 Å². The Morgan fingerprint density at radius 2 is 1.88 bits per heavy atom. The van der Waals surface area contributed by atoms with Crippen molar-refractivity contribution >= 4 is 5.91 Å². The lowest BCUT2D eigenvalue weighted by Crippen LogP contribution is -2.47. The first kappa shape index (κ1) is 18.2. The minimum absolute atomic E-state index is 0.0647. The Labute approximate surface area is 144 Å². The Kier molecular flexibility index (Phi) is 5.31. The number of carbonyl (C=O) groups excluding carboxylic acids is 1. The van der Waals surface area contributed by atoms with Crippen molar-refractivity contribution in [3.63, 3.8) is 0 Å². The molecule has 2 fully saturated rings. The lowest BCUT2D eigenvalue weighted by molar-refractivity contribution is -0.187. The summed E-state index contributed by atoms with van der Waals surface area (Å²) in [4.78, 5) is 12.5. The highest BCUT2D eigenvalue weighted by molar-refractivity contribution is 5.93. The van der Waals surface area contributed by atoms with E-state index >= 15 is 0 Å². The van der Waals surface area contributed by atoms with Gasteiger partial charge in [0.1, 0.15) is 0 Å². The van der Waals surface area contributed by atoms with E-state index in [0.717, 1.165) is 25.9 Å². The van der Waals surface area contributed by atoms with E-state index in [1.807, 2.05) is 0 Å². The van der Waals surface area contributed by atoms with Crippen LogP contribution in [-0.2, 0) is 0 Å². The average molecular weight is 359 g/mol. The number of nitrogens with one attached hydrogen (secondary N) is 2. The number of nitrogens with zero attached hydrogens (tertiary/aromatic N) is 3. The van der Waals surface area contributed by atoms with Crippen molar-refractivity contribution in [3.8, 4) is 0 Å². The summed E-state index contributed by atoms with van der Waals surface area (Å²) >= 11 is 0. The van der Waals surface area contributed by atoms with Gasteiger partial charge in [-0.3, -0.25) is 4.79 Å². The van der Waals surface area contributed by atoms with Crippen LogP contribution >= 0.6 is 0 Å². The van der Waals surface area contributed by atoms with E-state index in [4.69, 9.17) is 0 Å². The Hall–Kier alpha value is -1.64. The first-order valence-electron chi connectivity index (χ1n) is 8.88. The predicted molar refractivity (Wildman–Crippen MR) is 85.2 cm³/mol. The normalized spacial score (nSPS) is 25.8.